The van der Waals surface area contributed by atoms with Gasteiger partial charge in [-0.25, -0.2) is 0 Å². The number of aromatic nitrogens is 2. The molecule has 2 N–H and O–H groups in total. The summed E-state index contributed by atoms with van der Waals surface area (Å²) in [6.45, 7) is 3.33. The molecule has 20 heavy (non-hydrogen) atoms. The second-order valence-electron chi connectivity index (χ2n) is 6.00. The van der Waals surface area contributed by atoms with Crippen LogP contribution in [0.15, 0.2) is 4.52 Å². The Labute approximate surface area is 118 Å². The molecule has 3 atom stereocenters. The van der Waals surface area contributed by atoms with Crippen molar-refractivity contribution >= 4 is 5.91 Å². The third kappa shape index (κ3) is 2.57. The van der Waals surface area contributed by atoms with Gasteiger partial charge >= 0.3 is 0 Å². The molecular formula is C14H22N4O2. The average Bonchev–Trinajstić information content (AvgIpc) is 3.07. The molecule has 1 aromatic rings. The van der Waals surface area contributed by atoms with Gasteiger partial charge in [-0.3, -0.25) is 4.79 Å². The molecule has 6 heteroatoms. The highest BCUT2D eigenvalue weighted by molar-refractivity contribution is 5.80. The molecule has 0 bridgehead atoms. The van der Waals surface area contributed by atoms with E-state index in [4.69, 9.17) is 10.3 Å². The Morgan fingerprint density at radius 2 is 2.20 bits per heavy atom. The van der Waals surface area contributed by atoms with E-state index < -0.39 is 0 Å². The fourth-order valence-corrected chi connectivity index (χ4v) is 3.39. The Morgan fingerprint density at radius 1 is 1.35 bits per heavy atom. The van der Waals surface area contributed by atoms with Gasteiger partial charge < -0.3 is 15.2 Å². The molecule has 3 rings (SSSR count). The number of piperidine rings is 1. The lowest BCUT2D eigenvalue weighted by Crippen LogP contribution is -2.45. The number of likely N-dealkylation sites (tertiary alicyclic amines) is 1. The summed E-state index contributed by atoms with van der Waals surface area (Å²) in [6.07, 6.45) is 4.96. The number of aryl methyl sites for hydroxylation is 1. The summed E-state index contributed by atoms with van der Waals surface area (Å²) in [5, 5.41) is 3.84. The largest absolute Gasteiger partial charge is 0.342 e. The first-order valence-electron chi connectivity index (χ1n) is 7.49. The highest BCUT2D eigenvalue weighted by atomic mass is 16.5. The number of nitrogens with two attached hydrogens (primary N) is 1. The van der Waals surface area contributed by atoms with Crippen molar-refractivity contribution < 1.29 is 9.32 Å². The van der Waals surface area contributed by atoms with E-state index in [2.05, 4.69) is 10.1 Å². The van der Waals surface area contributed by atoms with Crippen LogP contribution in [0.1, 0.15) is 49.7 Å². The van der Waals surface area contributed by atoms with Crippen LogP contribution in [0, 0.1) is 12.8 Å². The first kappa shape index (κ1) is 13.5. The maximum Gasteiger partial charge on any atom is 0.231 e. The molecule has 1 aliphatic carbocycles. The van der Waals surface area contributed by atoms with Crippen LogP contribution in [0.2, 0.25) is 0 Å². The van der Waals surface area contributed by atoms with Crippen molar-refractivity contribution in [3.63, 3.8) is 0 Å². The molecule has 2 heterocycles. The van der Waals surface area contributed by atoms with Gasteiger partial charge in [0.2, 0.25) is 11.8 Å². The predicted octanol–water partition coefficient (Wildman–Crippen LogP) is 1.21. The normalized spacial score (nSPS) is 30.7. The van der Waals surface area contributed by atoms with Crippen molar-refractivity contribution in [2.75, 3.05) is 13.1 Å². The number of hydrogen-bond acceptors (Lipinski definition) is 5. The Hall–Kier alpha value is -1.43. The summed E-state index contributed by atoms with van der Waals surface area (Å²) in [7, 11) is 0. The van der Waals surface area contributed by atoms with Crippen LogP contribution >= 0.6 is 0 Å². The van der Waals surface area contributed by atoms with E-state index in [0.29, 0.717) is 18.3 Å². The lowest BCUT2D eigenvalue weighted by molar-refractivity contribution is -0.137. The van der Waals surface area contributed by atoms with Crippen molar-refractivity contribution in [1.82, 2.24) is 15.0 Å². The number of amides is 1. The first-order chi connectivity index (χ1) is 9.65. The van der Waals surface area contributed by atoms with Crippen molar-refractivity contribution in [2.45, 2.75) is 51.0 Å². The average molecular weight is 278 g/mol. The fourth-order valence-electron chi connectivity index (χ4n) is 3.39. The quantitative estimate of drug-likeness (QED) is 0.879. The van der Waals surface area contributed by atoms with Crippen LogP contribution < -0.4 is 5.73 Å². The molecule has 1 saturated heterocycles. The zero-order valence-corrected chi connectivity index (χ0v) is 11.9. The van der Waals surface area contributed by atoms with E-state index in [-0.39, 0.29) is 23.8 Å². The third-order valence-electron chi connectivity index (χ3n) is 4.51. The zero-order chi connectivity index (χ0) is 14.1. The van der Waals surface area contributed by atoms with Gasteiger partial charge in [-0.1, -0.05) is 11.6 Å². The van der Waals surface area contributed by atoms with Crippen LogP contribution in [0.5, 0.6) is 0 Å². The van der Waals surface area contributed by atoms with Gasteiger partial charge in [0, 0.05) is 19.1 Å². The molecule has 0 unspecified atom stereocenters. The lowest BCUT2D eigenvalue weighted by atomic mass is 9.95. The monoisotopic (exact) mass is 278 g/mol. The zero-order valence-electron chi connectivity index (χ0n) is 11.9. The van der Waals surface area contributed by atoms with Gasteiger partial charge in [0.25, 0.3) is 0 Å². The minimum Gasteiger partial charge on any atom is -0.342 e. The molecule has 1 amide bonds. The molecule has 2 aliphatic rings. The fraction of sp³-hybridized carbons (Fsp3) is 0.786. The van der Waals surface area contributed by atoms with Gasteiger partial charge in [0.15, 0.2) is 5.82 Å². The van der Waals surface area contributed by atoms with Crippen LogP contribution in [0.25, 0.3) is 0 Å². The molecule has 1 aromatic heterocycles. The molecule has 110 valence electrons. The van der Waals surface area contributed by atoms with Gasteiger partial charge in [0.1, 0.15) is 0 Å². The Kier molecular flexibility index (Phi) is 3.74. The maximum absolute atomic E-state index is 12.6. The van der Waals surface area contributed by atoms with Gasteiger partial charge in [-0.2, -0.15) is 4.98 Å². The second-order valence-corrected chi connectivity index (χ2v) is 6.00. The maximum atomic E-state index is 12.6. The highest BCUT2D eigenvalue weighted by Gasteiger charge is 2.36. The Balaban J connectivity index is 1.67. The minimum absolute atomic E-state index is 0.0122. The number of nitrogens with zero attached hydrogens (tertiary/aromatic N) is 3. The van der Waals surface area contributed by atoms with Gasteiger partial charge in [-0.05, 0) is 32.6 Å². The Morgan fingerprint density at radius 3 is 2.85 bits per heavy atom. The molecule has 0 radical (unpaired) electrons. The standard InChI is InChI=1S/C14H22N4O2/c1-9-16-13(20-17-9)10-4-3-7-18(8-10)14(19)11-5-2-6-12(11)15/h10-12H,2-8,15H2,1H3/t10-,11+,12-/m1/s1. The molecule has 1 aliphatic heterocycles. The summed E-state index contributed by atoms with van der Waals surface area (Å²) < 4.78 is 5.25. The van der Waals surface area contributed by atoms with Crippen molar-refractivity contribution in [3.05, 3.63) is 11.7 Å². The number of carbonyl (C=O) groups excluding carboxylic acids is 1. The summed E-state index contributed by atoms with van der Waals surface area (Å²) in [4.78, 5) is 18.8. The van der Waals surface area contributed by atoms with Crippen molar-refractivity contribution in [3.8, 4) is 0 Å². The molecule has 6 nitrogen and oxygen atoms in total. The number of carbonyl (C=O) groups is 1. The molecule has 1 saturated carbocycles. The van der Waals surface area contributed by atoms with E-state index in [0.717, 1.165) is 38.6 Å². The SMILES string of the molecule is Cc1noc([C@@H]2CCCN(C(=O)[C@H]3CCC[C@H]3N)C2)n1. The second kappa shape index (κ2) is 5.52. The molecule has 0 spiro atoms. The van der Waals surface area contributed by atoms with Crippen LogP contribution in [-0.2, 0) is 4.79 Å². The predicted molar refractivity (Wildman–Crippen MR) is 72.9 cm³/mol. The van der Waals surface area contributed by atoms with E-state index >= 15 is 0 Å². The van der Waals surface area contributed by atoms with E-state index in [1.54, 1.807) is 0 Å². The van der Waals surface area contributed by atoms with Crippen LogP contribution in [0.4, 0.5) is 0 Å². The third-order valence-corrected chi connectivity index (χ3v) is 4.51. The molecule has 0 aromatic carbocycles. The van der Waals surface area contributed by atoms with Crippen molar-refractivity contribution in [1.29, 1.82) is 0 Å². The molecule has 2 fully saturated rings. The highest BCUT2D eigenvalue weighted by Crippen LogP contribution is 2.30. The van der Waals surface area contributed by atoms with Crippen LogP contribution in [-0.4, -0.2) is 40.1 Å². The van der Waals surface area contributed by atoms with Gasteiger partial charge in [0.05, 0.1) is 11.8 Å². The van der Waals surface area contributed by atoms with E-state index in [1.165, 1.54) is 0 Å². The summed E-state index contributed by atoms with van der Waals surface area (Å²) >= 11 is 0. The molecular weight excluding hydrogens is 256 g/mol. The minimum atomic E-state index is 0.0122. The summed E-state index contributed by atoms with van der Waals surface area (Å²) in [6, 6.07) is 0.0357. The smallest absolute Gasteiger partial charge is 0.231 e. The van der Waals surface area contributed by atoms with Crippen LogP contribution in [0.3, 0.4) is 0 Å². The summed E-state index contributed by atoms with van der Waals surface area (Å²) in [5.74, 6) is 1.72. The van der Waals surface area contributed by atoms with E-state index in [1.807, 2.05) is 11.8 Å². The summed E-state index contributed by atoms with van der Waals surface area (Å²) in [5.41, 5.74) is 6.05. The Bertz CT molecular complexity index is 487. The number of rotatable bonds is 2. The topological polar surface area (TPSA) is 85.2 Å². The van der Waals surface area contributed by atoms with Crippen molar-refractivity contribution in [2.24, 2.45) is 11.7 Å². The first-order valence-corrected chi connectivity index (χ1v) is 7.49. The van der Waals surface area contributed by atoms with Gasteiger partial charge in [-0.15, -0.1) is 0 Å². The van der Waals surface area contributed by atoms with E-state index in [9.17, 15) is 4.79 Å². The number of hydrogen-bond donors (Lipinski definition) is 1. The lowest BCUT2D eigenvalue weighted by Gasteiger charge is -2.33.